The van der Waals surface area contributed by atoms with Crippen LogP contribution >= 0.6 is 0 Å². The van der Waals surface area contributed by atoms with E-state index in [1.807, 2.05) is 26.8 Å². The van der Waals surface area contributed by atoms with E-state index in [2.05, 4.69) is 4.98 Å². The standard InChI is InChI=1S/C12H20N2O3S/c1-8(2)17-12(10(4)18(13,15)16)11-6-5-9(3)7-14-11/h5-8,10,12H,1-4H3,(H2,13,15,16)/t10-,12+/m0/s1. The van der Waals surface area contributed by atoms with Gasteiger partial charge in [0.2, 0.25) is 10.0 Å². The summed E-state index contributed by atoms with van der Waals surface area (Å²) in [5.74, 6) is 0. The van der Waals surface area contributed by atoms with Crippen molar-refractivity contribution in [3.8, 4) is 0 Å². The fourth-order valence-corrected chi connectivity index (χ4v) is 2.08. The first-order valence-corrected chi connectivity index (χ1v) is 7.42. The maximum atomic E-state index is 11.5. The van der Waals surface area contributed by atoms with Crippen LogP contribution < -0.4 is 5.14 Å². The van der Waals surface area contributed by atoms with Gasteiger partial charge in [0.05, 0.1) is 11.8 Å². The summed E-state index contributed by atoms with van der Waals surface area (Å²) in [6.45, 7) is 7.14. The van der Waals surface area contributed by atoms with Gasteiger partial charge in [-0.15, -0.1) is 0 Å². The molecule has 1 rings (SSSR count). The van der Waals surface area contributed by atoms with E-state index in [0.29, 0.717) is 5.69 Å². The molecule has 5 nitrogen and oxygen atoms in total. The third-order valence-electron chi connectivity index (χ3n) is 2.59. The van der Waals surface area contributed by atoms with Gasteiger partial charge in [-0.2, -0.15) is 0 Å². The van der Waals surface area contributed by atoms with Gasteiger partial charge in [-0.25, -0.2) is 13.6 Å². The number of aryl methyl sites for hydroxylation is 1. The maximum Gasteiger partial charge on any atom is 0.214 e. The number of nitrogens with two attached hydrogens (primary N) is 1. The molecule has 0 aromatic carbocycles. The van der Waals surface area contributed by atoms with Gasteiger partial charge in [0.15, 0.2) is 0 Å². The van der Waals surface area contributed by atoms with Gasteiger partial charge in [-0.1, -0.05) is 6.07 Å². The molecule has 0 saturated heterocycles. The predicted molar refractivity (Wildman–Crippen MR) is 70.5 cm³/mol. The Balaban J connectivity index is 3.09. The lowest BCUT2D eigenvalue weighted by atomic mass is 10.1. The first kappa shape index (κ1) is 15.1. The molecule has 1 aromatic heterocycles. The summed E-state index contributed by atoms with van der Waals surface area (Å²) in [5.41, 5.74) is 1.58. The maximum absolute atomic E-state index is 11.5. The highest BCUT2D eigenvalue weighted by Gasteiger charge is 2.30. The van der Waals surface area contributed by atoms with Gasteiger partial charge in [0.1, 0.15) is 11.4 Å². The molecule has 0 fully saturated rings. The molecule has 0 aliphatic rings. The lowest BCUT2D eigenvalue weighted by molar-refractivity contribution is 0.00408. The second-order valence-corrected chi connectivity index (χ2v) is 6.58. The Kier molecular flexibility index (Phi) is 4.84. The van der Waals surface area contributed by atoms with Crippen molar-refractivity contribution in [2.75, 3.05) is 0 Å². The largest absolute Gasteiger partial charge is 0.368 e. The monoisotopic (exact) mass is 272 g/mol. The molecular formula is C12H20N2O3S. The number of hydrogen-bond acceptors (Lipinski definition) is 4. The number of nitrogens with zero attached hydrogens (tertiary/aromatic N) is 1. The normalized spacial score (nSPS) is 15.7. The topological polar surface area (TPSA) is 82.3 Å². The third-order valence-corrected chi connectivity index (χ3v) is 3.87. The van der Waals surface area contributed by atoms with Crippen LogP contribution in [0, 0.1) is 6.92 Å². The van der Waals surface area contributed by atoms with E-state index < -0.39 is 21.4 Å². The van der Waals surface area contributed by atoms with E-state index in [0.717, 1.165) is 5.56 Å². The van der Waals surface area contributed by atoms with Crippen LogP contribution in [0.4, 0.5) is 0 Å². The third kappa shape index (κ3) is 4.04. The van der Waals surface area contributed by atoms with Crippen LogP contribution in [0.25, 0.3) is 0 Å². The first-order valence-electron chi connectivity index (χ1n) is 5.81. The van der Waals surface area contributed by atoms with Crippen LogP contribution in [-0.4, -0.2) is 24.8 Å². The van der Waals surface area contributed by atoms with Gasteiger partial charge in [-0.05, 0) is 39.3 Å². The minimum absolute atomic E-state index is 0.109. The molecular weight excluding hydrogens is 252 g/mol. The fraction of sp³-hybridized carbons (Fsp3) is 0.583. The molecule has 1 heterocycles. The zero-order valence-corrected chi connectivity index (χ0v) is 11.9. The SMILES string of the molecule is Cc1ccc([C@H](OC(C)C)[C@H](C)S(N)(=O)=O)nc1. The molecule has 0 amide bonds. The Morgan fingerprint density at radius 3 is 2.28 bits per heavy atom. The van der Waals surface area contributed by atoms with Crippen LogP contribution in [0.3, 0.4) is 0 Å². The summed E-state index contributed by atoms with van der Waals surface area (Å²) in [6, 6.07) is 3.64. The molecule has 0 saturated carbocycles. The van der Waals surface area contributed by atoms with Crippen molar-refractivity contribution < 1.29 is 13.2 Å². The van der Waals surface area contributed by atoms with Gasteiger partial charge >= 0.3 is 0 Å². The summed E-state index contributed by atoms with van der Waals surface area (Å²) in [7, 11) is -3.67. The Labute approximate surface area is 108 Å². The Hall–Kier alpha value is -0.980. The average Bonchev–Trinajstić information content (AvgIpc) is 2.25. The van der Waals surface area contributed by atoms with Crippen LogP contribution in [-0.2, 0) is 14.8 Å². The Morgan fingerprint density at radius 1 is 1.28 bits per heavy atom. The molecule has 0 spiro atoms. The molecule has 0 radical (unpaired) electrons. The molecule has 2 N–H and O–H groups in total. The second kappa shape index (κ2) is 5.77. The van der Waals surface area contributed by atoms with Crippen molar-refractivity contribution in [2.45, 2.75) is 45.2 Å². The molecule has 6 heteroatoms. The zero-order valence-electron chi connectivity index (χ0n) is 11.1. The van der Waals surface area contributed by atoms with Crippen LogP contribution in [0.15, 0.2) is 18.3 Å². The summed E-state index contributed by atoms with van der Waals surface area (Å²) >= 11 is 0. The predicted octanol–water partition coefficient (Wildman–Crippen LogP) is 1.53. The highest BCUT2D eigenvalue weighted by Crippen LogP contribution is 2.25. The summed E-state index contributed by atoms with van der Waals surface area (Å²) in [5, 5.41) is 4.35. The number of pyridine rings is 1. The van der Waals surface area contributed by atoms with Crippen molar-refractivity contribution >= 4 is 10.0 Å². The van der Waals surface area contributed by atoms with Crippen molar-refractivity contribution in [1.82, 2.24) is 4.98 Å². The van der Waals surface area contributed by atoms with E-state index in [9.17, 15) is 8.42 Å². The molecule has 1 aromatic rings. The van der Waals surface area contributed by atoms with Crippen molar-refractivity contribution in [2.24, 2.45) is 5.14 Å². The molecule has 18 heavy (non-hydrogen) atoms. The lowest BCUT2D eigenvalue weighted by Gasteiger charge is -2.24. The van der Waals surface area contributed by atoms with Crippen molar-refractivity contribution in [1.29, 1.82) is 0 Å². The smallest absolute Gasteiger partial charge is 0.214 e. The van der Waals surface area contributed by atoms with E-state index in [1.165, 1.54) is 6.92 Å². The Bertz CT molecular complexity index is 483. The summed E-state index contributed by atoms with van der Waals surface area (Å²) in [6.07, 6.45) is 0.921. The highest BCUT2D eigenvalue weighted by atomic mass is 32.2. The van der Waals surface area contributed by atoms with Crippen LogP contribution in [0.2, 0.25) is 0 Å². The molecule has 0 aliphatic heterocycles. The summed E-state index contributed by atoms with van der Waals surface area (Å²) in [4.78, 5) is 4.22. The van der Waals surface area contributed by atoms with Gasteiger partial charge in [0.25, 0.3) is 0 Å². The molecule has 0 bridgehead atoms. The minimum Gasteiger partial charge on any atom is -0.368 e. The lowest BCUT2D eigenvalue weighted by Crippen LogP contribution is -2.34. The fourth-order valence-electron chi connectivity index (χ4n) is 1.53. The van der Waals surface area contributed by atoms with E-state index in [-0.39, 0.29) is 6.10 Å². The van der Waals surface area contributed by atoms with E-state index in [4.69, 9.17) is 9.88 Å². The van der Waals surface area contributed by atoms with Crippen molar-refractivity contribution in [3.63, 3.8) is 0 Å². The molecule has 0 unspecified atom stereocenters. The quantitative estimate of drug-likeness (QED) is 0.881. The van der Waals surface area contributed by atoms with E-state index in [1.54, 1.807) is 12.3 Å². The Morgan fingerprint density at radius 2 is 1.89 bits per heavy atom. The molecule has 2 atom stereocenters. The summed E-state index contributed by atoms with van der Waals surface area (Å²) < 4.78 is 28.6. The number of hydrogen-bond donors (Lipinski definition) is 1. The highest BCUT2D eigenvalue weighted by molar-refractivity contribution is 7.89. The van der Waals surface area contributed by atoms with Gasteiger partial charge in [-0.3, -0.25) is 4.98 Å². The number of aromatic nitrogens is 1. The minimum atomic E-state index is -3.67. The number of sulfonamides is 1. The second-order valence-electron chi connectivity index (χ2n) is 4.66. The van der Waals surface area contributed by atoms with Crippen molar-refractivity contribution in [3.05, 3.63) is 29.6 Å². The van der Waals surface area contributed by atoms with Gasteiger partial charge in [0, 0.05) is 6.20 Å². The number of ether oxygens (including phenoxy) is 1. The number of rotatable bonds is 5. The molecule has 0 aliphatic carbocycles. The van der Waals surface area contributed by atoms with E-state index >= 15 is 0 Å². The van der Waals surface area contributed by atoms with Gasteiger partial charge < -0.3 is 4.74 Å². The number of primary sulfonamides is 1. The van der Waals surface area contributed by atoms with Crippen LogP contribution in [0.1, 0.15) is 38.1 Å². The molecule has 102 valence electrons. The average molecular weight is 272 g/mol. The zero-order chi connectivity index (χ0) is 13.9. The van der Waals surface area contributed by atoms with Crippen LogP contribution in [0.5, 0.6) is 0 Å². The first-order chi connectivity index (χ1) is 8.21.